The van der Waals surface area contributed by atoms with Gasteiger partial charge in [-0.3, -0.25) is 0 Å². The van der Waals surface area contributed by atoms with Gasteiger partial charge in [0, 0.05) is 0 Å². The summed E-state index contributed by atoms with van der Waals surface area (Å²) in [5, 5.41) is 0. The minimum Gasteiger partial charge on any atom is -0.0870 e. The summed E-state index contributed by atoms with van der Waals surface area (Å²) >= 11 is 0. The first-order chi connectivity index (χ1) is 9.22. The topological polar surface area (TPSA) is 0 Å². The maximum atomic E-state index is 2.40. The first-order valence-corrected chi connectivity index (χ1v) is 11.2. The summed E-state index contributed by atoms with van der Waals surface area (Å²) in [6, 6.07) is 0. The molecule has 0 aliphatic carbocycles. The molecule has 0 bridgehead atoms. The highest BCUT2D eigenvalue weighted by molar-refractivity contribution is 7.97. The first kappa shape index (κ1) is 23.4. The fraction of sp³-hybridized carbons (Fsp3) is 0.789. The summed E-state index contributed by atoms with van der Waals surface area (Å²) in [6.45, 7) is 6.50. The molecule has 2 rings (SSSR count). The van der Waals surface area contributed by atoms with Crippen LogP contribution in [0.25, 0.3) is 0 Å². The Morgan fingerprint density at radius 3 is 1.62 bits per heavy atom. The Morgan fingerprint density at radius 2 is 1.24 bits per heavy atom. The van der Waals surface area contributed by atoms with E-state index in [1.54, 1.807) is 0 Å². The molecular weight excluding hydrogens is 292 g/mol. The standard InChI is InChI=1S/C9H17S.C8H15S.2CH4/c1-9(2)5-8-10-6-3-4-7-10;1-2-3-6-9-7-4-5-8-9;;/h5H,3-4,6-8H2,1-2H3;2-3H,4-8H2,1H3;2*1H4/q2*+1;;/b;3-2+;;. The zero-order valence-electron chi connectivity index (χ0n) is 13.1. The maximum Gasteiger partial charge on any atom is 0.126 e. The van der Waals surface area contributed by atoms with Crippen LogP contribution < -0.4 is 0 Å². The zero-order chi connectivity index (χ0) is 13.9. The van der Waals surface area contributed by atoms with Gasteiger partial charge in [0.1, 0.15) is 34.5 Å². The quantitative estimate of drug-likeness (QED) is 0.463. The Bertz CT molecular complexity index is 265. The molecule has 0 saturated carbocycles. The van der Waals surface area contributed by atoms with Crippen LogP contribution in [0.5, 0.6) is 0 Å². The van der Waals surface area contributed by atoms with Crippen molar-refractivity contribution < 1.29 is 0 Å². The van der Waals surface area contributed by atoms with Gasteiger partial charge >= 0.3 is 0 Å². The van der Waals surface area contributed by atoms with Gasteiger partial charge in [-0.2, -0.15) is 0 Å². The minimum atomic E-state index is 0. The van der Waals surface area contributed by atoms with Gasteiger partial charge in [0.25, 0.3) is 0 Å². The van der Waals surface area contributed by atoms with Gasteiger partial charge in [-0.05, 0) is 80.4 Å². The van der Waals surface area contributed by atoms with E-state index in [0.717, 1.165) is 21.8 Å². The number of hydrogen-bond donors (Lipinski definition) is 0. The lowest BCUT2D eigenvalue weighted by molar-refractivity contribution is 0.949. The molecule has 2 saturated heterocycles. The van der Waals surface area contributed by atoms with E-state index in [1.165, 1.54) is 65.8 Å². The van der Waals surface area contributed by atoms with Crippen molar-refractivity contribution in [3.8, 4) is 0 Å². The van der Waals surface area contributed by atoms with Crippen LogP contribution in [0.1, 0.15) is 61.3 Å². The van der Waals surface area contributed by atoms with Crippen LogP contribution in [0.2, 0.25) is 0 Å². The molecule has 0 aromatic carbocycles. The Morgan fingerprint density at radius 1 is 0.810 bits per heavy atom. The van der Waals surface area contributed by atoms with E-state index in [9.17, 15) is 0 Å². The van der Waals surface area contributed by atoms with E-state index >= 15 is 0 Å². The van der Waals surface area contributed by atoms with Crippen LogP contribution >= 0.6 is 0 Å². The molecule has 0 amide bonds. The Balaban J connectivity index is 0. The summed E-state index contributed by atoms with van der Waals surface area (Å²) in [5.41, 5.74) is 1.49. The number of allylic oxidation sites excluding steroid dienone is 2. The molecule has 21 heavy (non-hydrogen) atoms. The second-order valence-electron chi connectivity index (χ2n) is 5.64. The van der Waals surface area contributed by atoms with Crippen molar-refractivity contribution in [1.82, 2.24) is 0 Å². The molecule has 0 nitrogen and oxygen atoms in total. The Labute approximate surface area is 141 Å². The van der Waals surface area contributed by atoms with Crippen molar-refractivity contribution in [2.75, 3.05) is 34.5 Å². The normalized spacial score (nSPS) is 18.6. The molecule has 0 N–H and O–H groups in total. The Kier molecular flexibility index (Phi) is 16.8. The first-order valence-electron chi connectivity index (χ1n) is 7.75. The third kappa shape index (κ3) is 12.4. The van der Waals surface area contributed by atoms with Gasteiger partial charge in [-0.25, -0.2) is 0 Å². The predicted octanol–water partition coefficient (Wildman–Crippen LogP) is 5.61. The van der Waals surface area contributed by atoms with Crippen LogP contribution in [-0.2, 0) is 21.8 Å². The lowest BCUT2D eigenvalue weighted by atomic mass is 10.3. The molecule has 0 unspecified atom stereocenters. The molecule has 0 spiro atoms. The van der Waals surface area contributed by atoms with E-state index in [4.69, 9.17) is 0 Å². The predicted molar refractivity (Wildman–Crippen MR) is 110 cm³/mol. The van der Waals surface area contributed by atoms with E-state index < -0.39 is 0 Å². The molecule has 2 fully saturated rings. The van der Waals surface area contributed by atoms with Gasteiger partial charge < -0.3 is 0 Å². The molecule has 2 heterocycles. The molecule has 0 aromatic heterocycles. The van der Waals surface area contributed by atoms with E-state index in [2.05, 4.69) is 39.0 Å². The highest BCUT2D eigenvalue weighted by Gasteiger charge is 2.22. The summed E-state index contributed by atoms with van der Waals surface area (Å²) < 4.78 is 0. The van der Waals surface area contributed by atoms with E-state index in [1.807, 2.05) is 0 Å². The molecule has 0 atom stereocenters. The smallest absolute Gasteiger partial charge is 0.0870 e. The average Bonchev–Trinajstić information content (AvgIpc) is 3.08. The molecule has 0 radical (unpaired) electrons. The fourth-order valence-corrected chi connectivity index (χ4v) is 6.84. The third-order valence-electron chi connectivity index (χ3n) is 3.53. The highest BCUT2D eigenvalue weighted by atomic mass is 32.2. The van der Waals surface area contributed by atoms with Crippen LogP contribution in [0.15, 0.2) is 23.8 Å². The number of hydrogen-bond acceptors (Lipinski definition) is 0. The van der Waals surface area contributed by atoms with Gasteiger partial charge in [-0.1, -0.05) is 26.5 Å². The lowest BCUT2D eigenvalue weighted by Gasteiger charge is -1.94. The summed E-state index contributed by atoms with van der Waals surface area (Å²) in [6.07, 6.45) is 12.8. The molecule has 0 aromatic rings. The largest absolute Gasteiger partial charge is 0.126 e. The van der Waals surface area contributed by atoms with Gasteiger partial charge in [0.05, 0.1) is 0 Å². The summed E-state index contributed by atoms with van der Waals surface area (Å²) in [7, 11) is 1.56. The van der Waals surface area contributed by atoms with Gasteiger partial charge in [0.2, 0.25) is 0 Å². The van der Waals surface area contributed by atoms with Gasteiger partial charge in [-0.15, -0.1) is 0 Å². The van der Waals surface area contributed by atoms with Crippen molar-refractivity contribution in [3.63, 3.8) is 0 Å². The second kappa shape index (κ2) is 15.1. The SMILES string of the molecule is C.C.C/C=C/C[S+]1CCCC1.CC(C)=CC[S+]1CCCC1. The summed E-state index contributed by atoms with van der Waals surface area (Å²) in [4.78, 5) is 0. The van der Waals surface area contributed by atoms with Gasteiger partial charge in [0.15, 0.2) is 0 Å². The highest BCUT2D eigenvalue weighted by Crippen LogP contribution is 2.14. The van der Waals surface area contributed by atoms with Crippen LogP contribution in [-0.4, -0.2) is 34.5 Å². The zero-order valence-corrected chi connectivity index (χ0v) is 14.8. The van der Waals surface area contributed by atoms with Crippen molar-refractivity contribution in [3.05, 3.63) is 23.8 Å². The average molecular weight is 333 g/mol. The van der Waals surface area contributed by atoms with Crippen molar-refractivity contribution in [2.45, 2.75) is 61.3 Å². The van der Waals surface area contributed by atoms with Crippen LogP contribution in [0.3, 0.4) is 0 Å². The van der Waals surface area contributed by atoms with Crippen molar-refractivity contribution in [1.29, 1.82) is 0 Å². The van der Waals surface area contributed by atoms with E-state index in [-0.39, 0.29) is 14.9 Å². The molecule has 2 aliphatic rings. The monoisotopic (exact) mass is 332 g/mol. The number of rotatable bonds is 4. The Hall–Kier alpha value is 0.180. The van der Waals surface area contributed by atoms with Crippen molar-refractivity contribution in [2.24, 2.45) is 0 Å². The van der Waals surface area contributed by atoms with Crippen LogP contribution in [0, 0.1) is 0 Å². The molecule has 2 aliphatic heterocycles. The molecule has 126 valence electrons. The second-order valence-corrected chi connectivity index (χ2v) is 10.4. The minimum absolute atomic E-state index is 0. The van der Waals surface area contributed by atoms with Crippen LogP contribution in [0.4, 0.5) is 0 Å². The molecule has 2 heteroatoms. The fourth-order valence-electron chi connectivity index (χ4n) is 2.28. The summed E-state index contributed by atoms with van der Waals surface area (Å²) in [5.74, 6) is 8.74. The van der Waals surface area contributed by atoms with Crippen molar-refractivity contribution >= 4 is 21.8 Å². The third-order valence-corrected chi connectivity index (χ3v) is 8.29. The maximum absolute atomic E-state index is 2.40. The lowest BCUT2D eigenvalue weighted by Crippen LogP contribution is -2.06. The van der Waals surface area contributed by atoms with E-state index in [0.29, 0.717) is 0 Å². The molecular formula is C19H40S2+2.